The van der Waals surface area contributed by atoms with E-state index in [1.54, 1.807) is 27.8 Å². The summed E-state index contributed by atoms with van der Waals surface area (Å²) in [5.74, 6) is 1.08. The van der Waals surface area contributed by atoms with Gasteiger partial charge in [-0.15, -0.1) is 0 Å². The number of quaternary nitrogens is 2. The number of carbonyl (C=O) groups is 2. The molecule has 0 radical (unpaired) electrons. The topological polar surface area (TPSA) is 67.3 Å². The second kappa shape index (κ2) is 14.3. The van der Waals surface area contributed by atoms with Crippen molar-refractivity contribution in [3.8, 4) is 0 Å². The van der Waals surface area contributed by atoms with Crippen molar-refractivity contribution in [2.45, 2.75) is 44.8 Å². The van der Waals surface area contributed by atoms with Crippen LogP contribution in [-0.2, 0) is 9.59 Å². The van der Waals surface area contributed by atoms with Gasteiger partial charge in [0.1, 0.15) is 5.03 Å². The highest BCUT2D eigenvalue weighted by atomic mass is 33.1. The molecule has 1 aromatic rings. The molecule has 6 nitrogen and oxygen atoms in total. The minimum Gasteiger partial charge on any atom is -0.477 e. The van der Waals surface area contributed by atoms with E-state index in [1.807, 2.05) is 39.3 Å². The molecule has 0 aromatic carbocycles. The first-order chi connectivity index (χ1) is 12.9. The summed E-state index contributed by atoms with van der Waals surface area (Å²) in [6, 6.07) is 5.66. The predicted octanol–water partition coefficient (Wildman–Crippen LogP) is 4.37. The van der Waals surface area contributed by atoms with Crippen LogP contribution in [0.5, 0.6) is 0 Å². The Kier molecular flexibility index (Phi) is 15.0. The third kappa shape index (κ3) is 11.6. The van der Waals surface area contributed by atoms with Gasteiger partial charge in [-0.3, -0.25) is 4.79 Å². The maximum atomic E-state index is 11.2. The third-order valence-electron chi connectivity index (χ3n) is 4.32. The van der Waals surface area contributed by atoms with Crippen molar-refractivity contribution in [1.29, 1.82) is 0 Å². The molecule has 1 aromatic heterocycles. The van der Waals surface area contributed by atoms with Gasteiger partial charge in [-0.05, 0) is 22.9 Å². The van der Waals surface area contributed by atoms with E-state index in [4.69, 9.17) is 0 Å². The number of carboxylic acid groups (broad SMARTS) is 1. The Morgan fingerprint density at radius 3 is 2.23 bits per heavy atom. The summed E-state index contributed by atoms with van der Waals surface area (Å²) in [6.07, 6.45) is 3.46. The standard InChI is InChI=1S/C12H18N2O2S2.C7H14NOS.2CH4/c1-14(2,3)10(12(15)16)7-9-17-18-11-6-4-5-8-13-11;1-8(2,3)6-4-5-10-7(6)9;;/h4-6,8,10H,7,9H2,1-3H3;6H,4-5H2,1-3H3;2*1H4/q;+1;;/p+1. The van der Waals surface area contributed by atoms with Crippen molar-refractivity contribution < 1.29 is 23.7 Å². The van der Waals surface area contributed by atoms with Crippen molar-refractivity contribution in [2.75, 3.05) is 53.8 Å². The minimum atomic E-state index is -0.731. The van der Waals surface area contributed by atoms with Crippen LogP contribution in [0.4, 0.5) is 0 Å². The number of carboxylic acids is 1. The Labute approximate surface area is 195 Å². The zero-order valence-electron chi connectivity index (χ0n) is 17.6. The molecule has 0 bridgehead atoms. The molecule has 9 heteroatoms. The molecule has 1 fully saturated rings. The van der Waals surface area contributed by atoms with Crippen LogP contribution >= 0.6 is 33.3 Å². The summed E-state index contributed by atoms with van der Waals surface area (Å²) in [4.78, 5) is 26.5. The summed E-state index contributed by atoms with van der Waals surface area (Å²) >= 11 is 1.48. The summed E-state index contributed by atoms with van der Waals surface area (Å²) in [5, 5.41) is 10.5. The lowest BCUT2D eigenvalue weighted by atomic mass is 10.2. The fraction of sp³-hybridized carbons (Fsp3) is 0.667. The summed E-state index contributed by atoms with van der Waals surface area (Å²) < 4.78 is 1.23. The van der Waals surface area contributed by atoms with Crippen molar-refractivity contribution in [2.24, 2.45) is 0 Å². The lowest BCUT2D eigenvalue weighted by molar-refractivity contribution is -0.887. The molecule has 30 heavy (non-hydrogen) atoms. The van der Waals surface area contributed by atoms with Gasteiger partial charge in [0, 0.05) is 30.5 Å². The maximum Gasteiger partial charge on any atom is 0.362 e. The van der Waals surface area contributed by atoms with Gasteiger partial charge in [0.2, 0.25) is 5.12 Å². The first-order valence-corrected chi connectivity index (χ1v) is 12.5. The fourth-order valence-corrected chi connectivity index (χ4v) is 5.82. The summed E-state index contributed by atoms with van der Waals surface area (Å²) in [5.41, 5.74) is 0. The number of pyridine rings is 1. The summed E-state index contributed by atoms with van der Waals surface area (Å²) in [7, 11) is 15.2. The normalized spacial score (nSPS) is 17.1. The molecule has 2 rings (SSSR count). The van der Waals surface area contributed by atoms with E-state index in [9.17, 15) is 14.7 Å². The number of aliphatic carboxylic acids is 1. The highest BCUT2D eigenvalue weighted by Crippen LogP contribution is 2.30. The van der Waals surface area contributed by atoms with Gasteiger partial charge in [-0.25, -0.2) is 9.78 Å². The average molecular weight is 480 g/mol. The third-order valence-corrected chi connectivity index (χ3v) is 7.61. The molecule has 1 N–H and O–H groups in total. The molecule has 2 atom stereocenters. The zero-order chi connectivity index (χ0) is 21.4. The van der Waals surface area contributed by atoms with Crippen LogP contribution in [0.2, 0.25) is 0 Å². The number of thioether (sulfide) groups is 1. The zero-order valence-corrected chi connectivity index (χ0v) is 20.1. The quantitative estimate of drug-likeness (QED) is 0.337. The van der Waals surface area contributed by atoms with E-state index < -0.39 is 5.97 Å². The number of hydrogen-bond acceptors (Lipinski definition) is 6. The number of hydrogen-bond donors (Lipinski definition) is 1. The van der Waals surface area contributed by atoms with Crippen molar-refractivity contribution in [3.63, 3.8) is 0 Å². The van der Waals surface area contributed by atoms with Crippen molar-refractivity contribution >= 4 is 44.4 Å². The second-order valence-corrected chi connectivity index (χ2v) is 12.0. The van der Waals surface area contributed by atoms with Gasteiger partial charge in [-0.2, -0.15) is 0 Å². The highest BCUT2D eigenvalue weighted by Gasteiger charge is 2.36. The monoisotopic (exact) mass is 479 g/mol. The van der Waals surface area contributed by atoms with Crippen LogP contribution in [0.15, 0.2) is 29.4 Å². The second-order valence-electron chi connectivity index (χ2n) is 8.42. The van der Waals surface area contributed by atoms with E-state index >= 15 is 0 Å². The number of nitrogens with zero attached hydrogens (tertiary/aromatic N) is 3. The maximum absolute atomic E-state index is 11.2. The van der Waals surface area contributed by atoms with Crippen molar-refractivity contribution in [3.05, 3.63) is 24.4 Å². The van der Waals surface area contributed by atoms with Gasteiger partial charge in [-0.1, -0.05) is 43.5 Å². The Morgan fingerprint density at radius 1 is 1.23 bits per heavy atom. The fourth-order valence-electron chi connectivity index (χ4n) is 2.69. The molecular formula is C21H41N3O3S3+2. The van der Waals surface area contributed by atoms with Gasteiger partial charge in [0.25, 0.3) is 0 Å². The molecule has 2 heterocycles. The van der Waals surface area contributed by atoms with Crippen LogP contribution < -0.4 is 0 Å². The van der Waals surface area contributed by atoms with Crippen molar-refractivity contribution in [1.82, 2.24) is 4.98 Å². The number of rotatable bonds is 8. The molecule has 2 unspecified atom stereocenters. The van der Waals surface area contributed by atoms with Crippen LogP contribution in [0, 0.1) is 0 Å². The van der Waals surface area contributed by atoms with E-state index in [-0.39, 0.29) is 26.9 Å². The largest absolute Gasteiger partial charge is 0.477 e. The molecule has 1 saturated heterocycles. The van der Waals surface area contributed by atoms with E-state index in [1.165, 1.54) is 11.8 Å². The van der Waals surface area contributed by atoms with Crippen LogP contribution in [0.1, 0.15) is 27.7 Å². The summed E-state index contributed by atoms with van der Waals surface area (Å²) in [6.45, 7) is 0. The van der Waals surface area contributed by atoms with Gasteiger partial charge < -0.3 is 14.1 Å². The Bertz CT molecular complexity index is 632. The smallest absolute Gasteiger partial charge is 0.362 e. The first-order valence-electron chi connectivity index (χ1n) is 9.15. The molecule has 0 aliphatic carbocycles. The van der Waals surface area contributed by atoms with Crippen LogP contribution in [0.25, 0.3) is 0 Å². The Hall–Kier alpha value is -0.740. The van der Waals surface area contributed by atoms with Gasteiger partial charge in [0.15, 0.2) is 12.1 Å². The Balaban J connectivity index is 0. The first kappa shape index (κ1) is 31.4. The van der Waals surface area contributed by atoms with Crippen LogP contribution in [-0.4, -0.2) is 96.0 Å². The molecule has 0 spiro atoms. The Morgan fingerprint density at radius 2 is 1.87 bits per heavy atom. The molecule has 0 amide bonds. The lowest BCUT2D eigenvalue weighted by Gasteiger charge is -2.30. The average Bonchev–Trinajstić information content (AvgIpc) is 3.01. The molecular weight excluding hydrogens is 438 g/mol. The van der Waals surface area contributed by atoms with Gasteiger partial charge in [0.05, 0.1) is 42.3 Å². The SMILES string of the molecule is C.C.C[N+](C)(C)C(CCSSc1ccccn1)C(=O)O.C[N+](C)(C)C1CCSC1=O. The molecule has 0 saturated carbocycles. The number of carbonyl (C=O) groups excluding carboxylic acids is 1. The van der Waals surface area contributed by atoms with E-state index in [0.29, 0.717) is 16.0 Å². The highest BCUT2D eigenvalue weighted by molar-refractivity contribution is 8.76. The van der Waals surface area contributed by atoms with E-state index in [0.717, 1.165) is 27.4 Å². The number of likely N-dealkylation sites (N-methyl/N-ethyl adjacent to an activating group) is 2. The molecule has 174 valence electrons. The number of aromatic nitrogens is 1. The lowest BCUT2D eigenvalue weighted by Crippen LogP contribution is -2.50. The molecule has 1 aliphatic rings. The van der Waals surface area contributed by atoms with Gasteiger partial charge >= 0.3 is 5.97 Å². The van der Waals surface area contributed by atoms with Crippen LogP contribution in [0.3, 0.4) is 0 Å². The minimum absolute atomic E-state index is 0. The molecule has 1 aliphatic heterocycles. The predicted molar refractivity (Wildman–Crippen MR) is 134 cm³/mol. The van der Waals surface area contributed by atoms with E-state index in [2.05, 4.69) is 26.1 Å².